The molecule has 1 fully saturated rings. The Hall–Kier alpha value is -3.92. The van der Waals surface area contributed by atoms with Crippen molar-refractivity contribution < 1.29 is 9.47 Å². The summed E-state index contributed by atoms with van der Waals surface area (Å²) in [6.45, 7) is 2.24. The van der Waals surface area contributed by atoms with E-state index < -0.39 is 0 Å². The van der Waals surface area contributed by atoms with Crippen molar-refractivity contribution in [1.82, 2.24) is 0 Å². The number of nitrogens with one attached hydrogen (secondary N) is 1. The summed E-state index contributed by atoms with van der Waals surface area (Å²) in [6, 6.07) is 26.8. The highest BCUT2D eigenvalue weighted by Gasteiger charge is 2.35. The maximum atomic E-state index is 6.44. The molecular weight excluding hydrogens is 396 g/mol. The number of fused-ring (bicyclic) bond motifs is 4. The van der Waals surface area contributed by atoms with Crippen molar-refractivity contribution >= 4 is 28.4 Å². The van der Waals surface area contributed by atoms with Crippen LogP contribution in [-0.4, -0.2) is 0 Å². The van der Waals surface area contributed by atoms with Crippen LogP contribution in [-0.2, 0) is 0 Å². The largest absolute Gasteiger partial charge is 0.453 e. The molecule has 0 atom stereocenters. The van der Waals surface area contributed by atoms with Crippen LogP contribution in [0.3, 0.4) is 0 Å². The number of para-hydroxylation sites is 6. The molecule has 0 unspecified atom stereocenters. The van der Waals surface area contributed by atoms with E-state index in [1.807, 2.05) is 42.5 Å². The first-order valence-corrected chi connectivity index (χ1v) is 11.2. The highest BCUT2D eigenvalue weighted by molar-refractivity contribution is 5.91. The van der Waals surface area contributed by atoms with E-state index in [1.54, 1.807) is 0 Å². The Bertz CT molecular complexity index is 1340. The summed E-state index contributed by atoms with van der Waals surface area (Å²) in [7, 11) is 0. The van der Waals surface area contributed by atoms with Crippen molar-refractivity contribution in [3.8, 4) is 23.0 Å². The summed E-state index contributed by atoms with van der Waals surface area (Å²) in [5.74, 6) is 4.03. The minimum Gasteiger partial charge on any atom is -0.453 e. The smallest absolute Gasteiger partial charge is 0.153 e. The Morgan fingerprint density at radius 1 is 0.719 bits per heavy atom. The van der Waals surface area contributed by atoms with Crippen molar-refractivity contribution in [2.75, 3.05) is 10.2 Å². The lowest BCUT2D eigenvalue weighted by molar-refractivity contribution is 0.475. The molecule has 1 saturated carbocycles. The van der Waals surface area contributed by atoms with Gasteiger partial charge in [-0.2, -0.15) is 0 Å². The lowest BCUT2D eigenvalue weighted by atomic mass is 9.96. The van der Waals surface area contributed by atoms with E-state index in [-0.39, 0.29) is 0 Å². The second-order valence-electron chi connectivity index (χ2n) is 8.68. The van der Waals surface area contributed by atoms with Crippen LogP contribution in [0.5, 0.6) is 23.0 Å². The van der Waals surface area contributed by atoms with E-state index in [9.17, 15) is 0 Å². The molecule has 2 aliphatic heterocycles. The van der Waals surface area contributed by atoms with Crippen LogP contribution in [0.1, 0.15) is 29.9 Å². The molecule has 0 spiro atoms. The fourth-order valence-electron chi connectivity index (χ4n) is 4.96. The van der Waals surface area contributed by atoms with Gasteiger partial charge in [-0.3, -0.25) is 0 Å². The first-order chi connectivity index (χ1) is 15.8. The average Bonchev–Trinajstić information content (AvgIpc) is 3.66. The summed E-state index contributed by atoms with van der Waals surface area (Å²) in [4.78, 5) is 2.32. The molecule has 7 rings (SSSR count). The van der Waals surface area contributed by atoms with Crippen LogP contribution in [0, 0.1) is 6.92 Å². The van der Waals surface area contributed by atoms with Crippen molar-refractivity contribution in [3.05, 3.63) is 90.0 Å². The van der Waals surface area contributed by atoms with Gasteiger partial charge in [0.05, 0.1) is 28.4 Å². The third-order valence-electron chi connectivity index (χ3n) is 6.60. The van der Waals surface area contributed by atoms with Crippen LogP contribution in [0.4, 0.5) is 28.4 Å². The van der Waals surface area contributed by atoms with Gasteiger partial charge in [-0.05, 0) is 73.2 Å². The quantitative estimate of drug-likeness (QED) is 0.307. The maximum Gasteiger partial charge on any atom is 0.153 e. The summed E-state index contributed by atoms with van der Waals surface area (Å²) in [6.07, 6.45) is 2.44. The predicted molar refractivity (Wildman–Crippen MR) is 128 cm³/mol. The zero-order chi connectivity index (χ0) is 21.2. The number of benzene rings is 4. The molecule has 1 aliphatic carbocycles. The van der Waals surface area contributed by atoms with Crippen molar-refractivity contribution in [2.24, 2.45) is 0 Å². The topological polar surface area (TPSA) is 33.7 Å². The van der Waals surface area contributed by atoms with E-state index >= 15 is 0 Å². The Balaban J connectivity index is 1.48. The predicted octanol–water partition coefficient (Wildman–Crippen LogP) is 8.30. The summed E-state index contributed by atoms with van der Waals surface area (Å²) in [5, 5.41) is 3.67. The number of anilines is 5. The Morgan fingerprint density at radius 3 is 2.00 bits per heavy atom. The van der Waals surface area contributed by atoms with Gasteiger partial charge in [-0.1, -0.05) is 36.4 Å². The SMILES string of the molecule is Cc1c(N2c3ccccc3Oc3ccccc32)cc2c(c1C1CC1)Nc1ccccc1O2. The number of hydrogen-bond acceptors (Lipinski definition) is 4. The Kier molecular flexibility index (Phi) is 3.62. The molecule has 4 heteroatoms. The number of rotatable bonds is 2. The van der Waals surface area contributed by atoms with Gasteiger partial charge in [0.25, 0.3) is 0 Å². The summed E-state index contributed by atoms with van der Waals surface area (Å²) in [5.41, 5.74) is 8.01. The molecule has 0 saturated heterocycles. The fraction of sp³-hybridized carbons (Fsp3) is 0.143. The molecule has 4 aromatic carbocycles. The molecule has 156 valence electrons. The van der Waals surface area contributed by atoms with Gasteiger partial charge in [-0.15, -0.1) is 0 Å². The van der Waals surface area contributed by atoms with Crippen molar-refractivity contribution in [3.63, 3.8) is 0 Å². The molecular formula is C28H22N2O2. The number of ether oxygens (including phenoxy) is 2. The number of nitrogens with zero attached hydrogens (tertiary/aromatic N) is 1. The first-order valence-electron chi connectivity index (χ1n) is 11.2. The first kappa shape index (κ1) is 17.7. The highest BCUT2D eigenvalue weighted by Crippen LogP contribution is 2.57. The molecule has 1 N–H and O–H groups in total. The standard InChI is InChI=1S/C28H22N2O2/c1-17-22(30-20-9-3-6-12-24(20)32-25-13-7-4-10-21(25)30)16-26-28(27(17)18-14-15-18)29-19-8-2-5-11-23(19)31-26/h2-13,16,18,29H,14-15H2,1H3. The molecule has 4 aromatic rings. The summed E-state index contributed by atoms with van der Waals surface area (Å²) >= 11 is 0. The van der Waals surface area contributed by atoms with Crippen LogP contribution in [0.2, 0.25) is 0 Å². The van der Waals surface area contributed by atoms with E-state index in [2.05, 4.69) is 53.5 Å². The molecule has 0 amide bonds. The molecule has 0 aromatic heterocycles. The van der Waals surface area contributed by atoms with Crippen LogP contribution in [0.15, 0.2) is 78.9 Å². The van der Waals surface area contributed by atoms with E-state index in [4.69, 9.17) is 9.47 Å². The molecule has 0 bridgehead atoms. The monoisotopic (exact) mass is 418 g/mol. The zero-order valence-corrected chi connectivity index (χ0v) is 17.8. The van der Waals surface area contributed by atoms with Crippen molar-refractivity contribution in [2.45, 2.75) is 25.7 Å². The second kappa shape index (κ2) is 6.54. The third kappa shape index (κ3) is 2.56. The van der Waals surface area contributed by atoms with Crippen LogP contribution in [0.25, 0.3) is 0 Å². The molecule has 32 heavy (non-hydrogen) atoms. The molecule has 3 aliphatic rings. The molecule has 2 heterocycles. The van der Waals surface area contributed by atoms with E-state index in [1.165, 1.54) is 24.0 Å². The Morgan fingerprint density at radius 2 is 1.31 bits per heavy atom. The van der Waals surface area contributed by atoms with Gasteiger partial charge in [0.2, 0.25) is 0 Å². The molecule has 0 radical (unpaired) electrons. The minimum atomic E-state index is 0.566. The maximum absolute atomic E-state index is 6.44. The second-order valence-corrected chi connectivity index (χ2v) is 8.68. The summed E-state index contributed by atoms with van der Waals surface area (Å²) < 4.78 is 12.7. The van der Waals surface area contributed by atoms with Gasteiger partial charge in [0.1, 0.15) is 0 Å². The highest BCUT2D eigenvalue weighted by atomic mass is 16.5. The Labute approximate surface area is 187 Å². The number of hydrogen-bond donors (Lipinski definition) is 1. The van der Waals surface area contributed by atoms with E-state index in [0.29, 0.717) is 5.92 Å². The van der Waals surface area contributed by atoms with Gasteiger partial charge < -0.3 is 19.7 Å². The normalized spacial score (nSPS) is 15.3. The zero-order valence-electron chi connectivity index (χ0n) is 17.8. The van der Waals surface area contributed by atoms with Crippen molar-refractivity contribution in [1.29, 1.82) is 0 Å². The molecule has 4 nitrogen and oxygen atoms in total. The van der Waals surface area contributed by atoms with Gasteiger partial charge >= 0.3 is 0 Å². The lowest BCUT2D eigenvalue weighted by Crippen LogP contribution is -2.18. The lowest BCUT2D eigenvalue weighted by Gasteiger charge is -2.35. The third-order valence-corrected chi connectivity index (χ3v) is 6.60. The van der Waals surface area contributed by atoms with E-state index in [0.717, 1.165) is 51.4 Å². The van der Waals surface area contributed by atoms with Gasteiger partial charge in [0, 0.05) is 6.07 Å². The fourth-order valence-corrected chi connectivity index (χ4v) is 4.96. The van der Waals surface area contributed by atoms with Gasteiger partial charge in [0.15, 0.2) is 23.0 Å². The van der Waals surface area contributed by atoms with Crippen LogP contribution >= 0.6 is 0 Å². The minimum absolute atomic E-state index is 0.566. The average molecular weight is 418 g/mol. The van der Waals surface area contributed by atoms with Gasteiger partial charge in [-0.25, -0.2) is 0 Å². The van der Waals surface area contributed by atoms with Crippen LogP contribution < -0.4 is 19.7 Å².